The van der Waals surface area contributed by atoms with E-state index in [1.165, 1.54) is 19.2 Å². The molecule has 2 N–H and O–H groups in total. The summed E-state index contributed by atoms with van der Waals surface area (Å²) in [5, 5.41) is 2.99. The number of carbonyl (C=O) groups is 1. The third kappa shape index (κ3) is 5.24. The van der Waals surface area contributed by atoms with Crippen LogP contribution >= 0.6 is 0 Å². The molecule has 1 amide bonds. The van der Waals surface area contributed by atoms with Gasteiger partial charge in [-0.05, 0) is 72.5 Å². The van der Waals surface area contributed by atoms with E-state index in [0.717, 1.165) is 16.8 Å². The maximum atomic E-state index is 12.8. The third-order valence-electron chi connectivity index (χ3n) is 4.93. The number of sulfonamides is 1. The van der Waals surface area contributed by atoms with E-state index in [4.69, 9.17) is 4.74 Å². The van der Waals surface area contributed by atoms with E-state index >= 15 is 0 Å². The summed E-state index contributed by atoms with van der Waals surface area (Å²) in [7, 11) is -2.23. The van der Waals surface area contributed by atoms with Crippen molar-refractivity contribution in [2.45, 2.75) is 31.6 Å². The lowest BCUT2D eigenvalue weighted by Crippen LogP contribution is -2.15. The van der Waals surface area contributed by atoms with Gasteiger partial charge in [0.1, 0.15) is 5.75 Å². The van der Waals surface area contributed by atoms with Gasteiger partial charge in [-0.3, -0.25) is 9.52 Å². The second kappa shape index (κ2) is 9.22. The number of anilines is 2. The van der Waals surface area contributed by atoms with Gasteiger partial charge < -0.3 is 10.1 Å². The fraction of sp³-hybridized carbons (Fsp3) is 0.208. The van der Waals surface area contributed by atoms with Crippen LogP contribution in [0.2, 0.25) is 0 Å². The molecule has 31 heavy (non-hydrogen) atoms. The number of hydrogen-bond acceptors (Lipinski definition) is 4. The minimum atomic E-state index is -3.75. The number of carbonyl (C=O) groups excluding carboxylic acids is 1. The second-order valence-corrected chi connectivity index (χ2v) is 9.19. The molecule has 0 unspecified atom stereocenters. The van der Waals surface area contributed by atoms with Gasteiger partial charge in [0.25, 0.3) is 15.9 Å². The standard InChI is InChI=1S/C24H26N2O4S/c1-16(2)22-7-5-6-17(3)23(22)25-24(27)18-8-10-19(11-9-18)26-31(28,29)21-14-12-20(30-4)13-15-21/h5-16,26H,1-4H3,(H,25,27). The summed E-state index contributed by atoms with van der Waals surface area (Å²) >= 11 is 0. The topological polar surface area (TPSA) is 84.5 Å². The molecule has 0 saturated carbocycles. The number of hydrogen-bond donors (Lipinski definition) is 2. The molecule has 0 heterocycles. The first-order chi connectivity index (χ1) is 14.7. The zero-order valence-corrected chi connectivity index (χ0v) is 18.8. The summed E-state index contributed by atoms with van der Waals surface area (Å²) in [6.07, 6.45) is 0. The molecule has 162 valence electrons. The van der Waals surface area contributed by atoms with E-state index in [0.29, 0.717) is 17.0 Å². The van der Waals surface area contributed by atoms with E-state index in [-0.39, 0.29) is 16.7 Å². The maximum absolute atomic E-state index is 12.8. The van der Waals surface area contributed by atoms with Crippen LogP contribution in [0.25, 0.3) is 0 Å². The molecule has 0 radical (unpaired) electrons. The molecule has 7 heteroatoms. The number of ether oxygens (including phenoxy) is 1. The predicted molar refractivity (Wildman–Crippen MR) is 123 cm³/mol. The normalized spacial score (nSPS) is 11.3. The highest BCUT2D eigenvalue weighted by Crippen LogP contribution is 2.28. The highest BCUT2D eigenvalue weighted by Gasteiger charge is 2.16. The molecule has 3 rings (SSSR count). The maximum Gasteiger partial charge on any atom is 0.261 e. The number of nitrogens with one attached hydrogen (secondary N) is 2. The summed E-state index contributed by atoms with van der Waals surface area (Å²) in [4.78, 5) is 12.9. The van der Waals surface area contributed by atoms with Gasteiger partial charge in [0.2, 0.25) is 0 Å². The molecule has 0 bridgehead atoms. The Balaban J connectivity index is 1.75. The van der Waals surface area contributed by atoms with Crippen molar-refractivity contribution in [3.05, 3.63) is 83.4 Å². The van der Waals surface area contributed by atoms with Crippen molar-refractivity contribution in [3.63, 3.8) is 0 Å². The Bertz CT molecular complexity index is 1170. The van der Waals surface area contributed by atoms with Crippen LogP contribution in [0, 0.1) is 6.92 Å². The van der Waals surface area contributed by atoms with E-state index in [9.17, 15) is 13.2 Å². The van der Waals surface area contributed by atoms with Gasteiger partial charge in [-0.1, -0.05) is 32.0 Å². The second-order valence-electron chi connectivity index (χ2n) is 7.51. The number of amides is 1. The lowest BCUT2D eigenvalue weighted by Gasteiger charge is -2.16. The van der Waals surface area contributed by atoms with Crippen LogP contribution in [0.3, 0.4) is 0 Å². The average molecular weight is 439 g/mol. The van der Waals surface area contributed by atoms with Crippen molar-refractivity contribution in [1.82, 2.24) is 0 Å². The molecule has 0 aliphatic heterocycles. The van der Waals surface area contributed by atoms with Crippen molar-refractivity contribution < 1.29 is 17.9 Å². The average Bonchev–Trinajstić information content (AvgIpc) is 2.75. The first-order valence-electron chi connectivity index (χ1n) is 9.89. The Kier molecular flexibility index (Phi) is 6.65. The van der Waals surface area contributed by atoms with Crippen molar-refractivity contribution in [3.8, 4) is 5.75 Å². The molecular formula is C24H26N2O4S. The summed E-state index contributed by atoms with van der Waals surface area (Å²) in [5.41, 5.74) is 3.67. The van der Waals surface area contributed by atoms with Gasteiger partial charge in [0.05, 0.1) is 12.0 Å². The van der Waals surface area contributed by atoms with Gasteiger partial charge in [-0.25, -0.2) is 8.42 Å². The zero-order valence-electron chi connectivity index (χ0n) is 18.0. The van der Waals surface area contributed by atoms with Gasteiger partial charge in [0.15, 0.2) is 0 Å². The first-order valence-corrected chi connectivity index (χ1v) is 11.4. The molecule has 0 saturated heterocycles. The predicted octanol–water partition coefficient (Wildman–Crippen LogP) is 5.18. The van der Waals surface area contributed by atoms with Crippen LogP contribution in [-0.4, -0.2) is 21.4 Å². The fourth-order valence-corrected chi connectivity index (χ4v) is 4.25. The number of methoxy groups -OCH3 is 1. The summed E-state index contributed by atoms with van der Waals surface area (Å²) in [5.74, 6) is 0.592. The number of benzene rings is 3. The van der Waals surface area contributed by atoms with E-state index in [1.54, 1.807) is 36.4 Å². The Morgan fingerprint density at radius 2 is 1.58 bits per heavy atom. The van der Waals surface area contributed by atoms with Gasteiger partial charge in [0, 0.05) is 16.9 Å². The van der Waals surface area contributed by atoms with Crippen molar-refractivity contribution in [1.29, 1.82) is 0 Å². The Morgan fingerprint density at radius 3 is 2.16 bits per heavy atom. The summed E-state index contributed by atoms with van der Waals surface area (Å²) in [6.45, 7) is 6.11. The fourth-order valence-electron chi connectivity index (χ4n) is 3.19. The quantitative estimate of drug-likeness (QED) is 0.532. The number of aryl methyl sites for hydroxylation is 1. The van der Waals surface area contributed by atoms with Crippen molar-refractivity contribution in [2.75, 3.05) is 17.1 Å². The highest BCUT2D eigenvalue weighted by molar-refractivity contribution is 7.92. The lowest BCUT2D eigenvalue weighted by molar-refractivity contribution is 0.102. The molecule has 3 aromatic rings. The highest BCUT2D eigenvalue weighted by atomic mass is 32.2. The Labute approximate surface area is 183 Å². The van der Waals surface area contributed by atoms with Crippen molar-refractivity contribution in [2.24, 2.45) is 0 Å². The smallest absolute Gasteiger partial charge is 0.261 e. The van der Waals surface area contributed by atoms with Crippen LogP contribution in [0.1, 0.15) is 41.3 Å². The molecule has 3 aromatic carbocycles. The molecule has 0 fully saturated rings. The molecule has 0 spiro atoms. The molecule has 0 atom stereocenters. The van der Waals surface area contributed by atoms with Crippen LogP contribution in [0.15, 0.2) is 71.6 Å². The number of rotatable bonds is 7. The molecule has 6 nitrogen and oxygen atoms in total. The van der Waals surface area contributed by atoms with Gasteiger partial charge in [-0.15, -0.1) is 0 Å². The minimum Gasteiger partial charge on any atom is -0.497 e. The number of para-hydroxylation sites is 1. The Morgan fingerprint density at radius 1 is 0.935 bits per heavy atom. The largest absolute Gasteiger partial charge is 0.497 e. The van der Waals surface area contributed by atoms with Crippen LogP contribution in [0.5, 0.6) is 5.75 Å². The zero-order chi connectivity index (χ0) is 22.6. The third-order valence-corrected chi connectivity index (χ3v) is 6.33. The van der Waals surface area contributed by atoms with Gasteiger partial charge in [-0.2, -0.15) is 0 Å². The minimum absolute atomic E-state index is 0.121. The van der Waals surface area contributed by atoms with Crippen molar-refractivity contribution >= 4 is 27.3 Å². The molecular weight excluding hydrogens is 412 g/mol. The van der Waals surface area contributed by atoms with E-state index < -0.39 is 10.0 Å². The first kappa shape index (κ1) is 22.4. The van der Waals surface area contributed by atoms with Crippen LogP contribution in [-0.2, 0) is 10.0 Å². The lowest BCUT2D eigenvalue weighted by atomic mass is 9.98. The summed E-state index contributed by atoms with van der Waals surface area (Å²) < 4.78 is 32.7. The molecule has 0 aromatic heterocycles. The SMILES string of the molecule is COc1ccc(S(=O)(=O)Nc2ccc(C(=O)Nc3c(C)cccc3C(C)C)cc2)cc1. The Hall–Kier alpha value is -3.32. The van der Waals surface area contributed by atoms with E-state index in [2.05, 4.69) is 23.9 Å². The van der Waals surface area contributed by atoms with E-state index in [1.807, 2.05) is 25.1 Å². The van der Waals surface area contributed by atoms with Gasteiger partial charge >= 0.3 is 0 Å². The molecule has 0 aliphatic carbocycles. The molecule has 0 aliphatic rings. The summed E-state index contributed by atoms with van der Waals surface area (Å²) in [6, 6.07) is 18.4. The monoisotopic (exact) mass is 438 g/mol. The van der Waals surface area contributed by atoms with Crippen LogP contribution < -0.4 is 14.8 Å². The van der Waals surface area contributed by atoms with Crippen LogP contribution in [0.4, 0.5) is 11.4 Å².